The van der Waals surface area contributed by atoms with Crippen LogP contribution in [0.3, 0.4) is 0 Å². The SMILES string of the molecule is [O]c1ccccc1CF. The number of halogens is 1. The lowest BCUT2D eigenvalue weighted by Gasteiger charge is -1.91. The largest absolute Gasteiger partial charge is 0.290 e. The number of hydrogen-bond acceptors (Lipinski definition) is 0. The summed E-state index contributed by atoms with van der Waals surface area (Å²) in [4.78, 5) is 0. The van der Waals surface area contributed by atoms with E-state index < -0.39 is 6.67 Å². The molecule has 1 rings (SSSR count). The summed E-state index contributed by atoms with van der Waals surface area (Å²) < 4.78 is 11.8. The summed E-state index contributed by atoms with van der Waals surface area (Å²) in [6.45, 7) is -0.667. The highest BCUT2D eigenvalue weighted by atomic mass is 19.1. The van der Waals surface area contributed by atoms with Gasteiger partial charge in [-0.2, -0.15) is 0 Å². The van der Waals surface area contributed by atoms with Crippen LogP contribution in [0.4, 0.5) is 4.39 Å². The van der Waals surface area contributed by atoms with Crippen molar-refractivity contribution in [3.05, 3.63) is 29.8 Å². The molecule has 47 valence electrons. The molecular weight excluding hydrogens is 119 g/mol. The lowest BCUT2D eigenvalue weighted by Crippen LogP contribution is -1.75. The highest BCUT2D eigenvalue weighted by Gasteiger charge is 1.97. The van der Waals surface area contributed by atoms with E-state index in [-0.39, 0.29) is 11.3 Å². The van der Waals surface area contributed by atoms with Gasteiger partial charge in [0.1, 0.15) is 6.67 Å². The minimum absolute atomic E-state index is 0.222. The number of benzene rings is 1. The Hall–Kier alpha value is -1.05. The van der Waals surface area contributed by atoms with Gasteiger partial charge in [0, 0.05) is 5.56 Å². The van der Waals surface area contributed by atoms with Crippen LogP contribution >= 0.6 is 0 Å². The van der Waals surface area contributed by atoms with E-state index in [1.807, 2.05) is 0 Å². The Morgan fingerprint density at radius 2 is 2.00 bits per heavy atom. The molecule has 9 heavy (non-hydrogen) atoms. The Bertz CT molecular complexity index is 198. The maximum Gasteiger partial charge on any atom is 0.184 e. The molecule has 0 atom stereocenters. The van der Waals surface area contributed by atoms with Crippen LogP contribution in [0.25, 0.3) is 0 Å². The van der Waals surface area contributed by atoms with E-state index in [4.69, 9.17) is 0 Å². The summed E-state index contributed by atoms with van der Waals surface area (Å²) in [5, 5.41) is 10.6. The van der Waals surface area contributed by atoms with Gasteiger partial charge in [-0.25, -0.2) is 4.39 Å². The van der Waals surface area contributed by atoms with Crippen molar-refractivity contribution in [3.8, 4) is 5.75 Å². The van der Waals surface area contributed by atoms with Crippen molar-refractivity contribution in [2.75, 3.05) is 0 Å². The van der Waals surface area contributed by atoms with Crippen molar-refractivity contribution in [3.63, 3.8) is 0 Å². The minimum Gasteiger partial charge on any atom is -0.290 e. The predicted molar refractivity (Wildman–Crippen MR) is 31.4 cm³/mol. The second kappa shape index (κ2) is 2.49. The predicted octanol–water partition coefficient (Wildman–Crippen LogP) is 2.30. The van der Waals surface area contributed by atoms with Crippen LogP contribution in [-0.4, -0.2) is 0 Å². The molecule has 1 nitrogen and oxygen atoms in total. The Kier molecular flexibility index (Phi) is 1.68. The first-order valence-corrected chi connectivity index (χ1v) is 2.65. The van der Waals surface area contributed by atoms with Gasteiger partial charge in [0.25, 0.3) is 0 Å². The quantitative estimate of drug-likeness (QED) is 0.548. The van der Waals surface area contributed by atoms with Crippen molar-refractivity contribution < 1.29 is 9.50 Å². The molecule has 2 heteroatoms. The van der Waals surface area contributed by atoms with Gasteiger partial charge in [-0.15, -0.1) is 0 Å². The first-order valence-electron chi connectivity index (χ1n) is 2.65. The fourth-order valence-corrected chi connectivity index (χ4v) is 0.614. The summed E-state index contributed by atoms with van der Waals surface area (Å²) >= 11 is 0. The second-order valence-electron chi connectivity index (χ2n) is 1.74. The molecule has 0 unspecified atom stereocenters. The van der Waals surface area contributed by atoms with E-state index in [2.05, 4.69) is 0 Å². The monoisotopic (exact) mass is 125 g/mol. The van der Waals surface area contributed by atoms with Crippen LogP contribution < -0.4 is 0 Å². The summed E-state index contributed by atoms with van der Waals surface area (Å²) in [7, 11) is 0. The lowest BCUT2D eigenvalue weighted by molar-refractivity contribution is 0.340. The van der Waals surface area contributed by atoms with Crippen LogP contribution in [0.15, 0.2) is 24.3 Å². The van der Waals surface area contributed by atoms with E-state index in [1.54, 1.807) is 12.1 Å². The topological polar surface area (TPSA) is 19.9 Å². The number of hydrogen-bond donors (Lipinski definition) is 0. The van der Waals surface area contributed by atoms with Crippen LogP contribution in [0.5, 0.6) is 5.75 Å². The molecule has 1 radical (unpaired) electrons. The maximum atomic E-state index is 11.8. The summed E-state index contributed by atoms with van der Waals surface area (Å²) in [5.41, 5.74) is 0.234. The zero-order chi connectivity index (χ0) is 6.69. The number of para-hydroxylation sites is 1. The van der Waals surface area contributed by atoms with Gasteiger partial charge in [0.2, 0.25) is 0 Å². The van der Waals surface area contributed by atoms with E-state index in [9.17, 15) is 9.50 Å². The molecule has 0 amide bonds. The fraction of sp³-hybridized carbons (Fsp3) is 0.143. The normalized spacial score (nSPS) is 9.44. The Morgan fingerprint density at radius 3 is 2.44 bits per heavy atom. The Labute approximate surface area is 52.8 Å². The second-order valence-corrected chi connectivity index (χ2v) is 1.74. The molecule has 0 N–H and O–H groups in total. The first kappa shape index (κ1) is 6.08. The third-order valence-corrected chi connectivity index (χ3v) is 1.12. The van der Waals surface area contributed by atoms with Gasteiger partial charge >= 0.3 is 0 Å². The molecular formula is C7H6FO. The third kappa shape index (κ3) is 1.19. The van der Waals surface area contributed by atoms with E-state index >= 15 is 0 Å². The standard InChI is InChI=1S/C7H6FO/c8-5-6-3-1-2-4-7(6)9/h1-4H,5H2. The van der Waals surface area contributed by atoms with E-state index in [0.29, 0.717) is 0 Å². The first-order chi connectivity index (χ1) is 4.34. The average molecular weight is 125 g/mol. The van der Waals surface area contributed by atoms with Crippen molar-refractivity contribution in [1.82, 2.24) is 0 Å². The van der Waals surface area contributed by atoms with Crippen LogP contribution in [0.1, 0.15) is 5.56 Å². The summed E-state index contributed by atoms with van der Waals surface area (Å²) in [6, 6.07) is 6.09. The van der Waals surface area contributed by atoms with Crippen LogP contribution in [0, 0.1) is 0 Å². The Balaban J connectivity index is 3.01. The van der Waals surface area contributed by atoms with Gasteiger partial charge < -0.3 is 0 Å². The van der Waals surface area contributed by atoms with Crippen LogP contribution in [0.2, 0.25) is 0 Å². The molecule has 0 fully saturated rings. The minimum atomic E-state index is -0.667. The van der Waals surface area contributed by atoms with Gasteiger partial charge in [0.15, 0.2) is 5.75 Å². The molecule has 0 spiro atoms. The molecule has 0 heterocycles. The maximum absolute atomic E-state index is 11.8. The molecule has 0 aliphatic heterocycles. The van der Waals surface area contributed by atoms with Gasteiger partial charge in [-0.05, 0) is 6.07 Å². The van der Waals surface area contributed by atoms with Crippen molar-refractivity contribution in [2.24, 2.45) is 0 Å². The average Bonchev–Trinajstić information content (AvgIpc) is 1.89. The molecule has 0 aliphatic carbocycles. The number of rotatable bonds is 1. The summed E-state index contributed by atoms with van der Waals surface area (Å²) in [6.07, 6.45) is 0. The molecule has 1 aromatic carbocycles. The smallest absolute Gasteiger partial charge is 0.184 e. The van der Waals surface area contributed by atoms with Crippen molar-refractivity contribution in [2.45, 2.75) is 6.67 Å². The molecule has 0 saturated heterocycles. The van der Waals surface area contributed by atoms with Crippen molar-refractivity contribution >= 4 is 0 Å². The molecule has 1 aromatic rings. The van der Waals surface area contributed by atoms with Crippen LogP contribution in [-0.2, 0) is 11.8 Å². The molecule has 0 aliphatic rings. The highest BCUT2D eigenvalue weighted by molar-refractivity contribution is 5.30. The summed E-state index contributed by atoms with van der Waals surface area (Å²) in [5.74, 6) is -0.222. The lowest BCUT2D eigenvalue weighted by atomic mass is 10.2. The van der Waals surface area contributed by atoms with E-state index in [1.165, 1.54) is 12.1 Å². The number of alkyl halides is 1. The third-order valence-electron chi connectivity index (χ3n) is 1.12. The van der Waals surface area contributed by atoms with Crippen molar-refractivity contribution in [1.29, 1.82) is 0 Å². The van der Waals surface area contributed by atoms with Gasteiger partial charge in [-0.3, -0.25) is 5.11 Å². The Morgan fingerprint density at radius 1 is 1.33 bits per heavy atom. The molecule has 0 saturated carbocycles. The fourth-order valence-electron chi connectivity index (χ4n) is 0.614. The van der Waals surface area contributed by atoms with Gasteiger partial charge in [-0.1, -0.05) is 18.2 Å². The van der Waals surface area contributed by atoms with E-state index in [0.717, 1.165) is 0 Å². The highest BCUT2D eigenvalue weighted by Crippen LogP contribution is 2.16. The molecule has 0 bridgehead atoms. The molecule has 0 aromatic heterocycles. The van der Waals surface area contributed by atoms with Gasteiger partial charge in [0.05, 0.1) is 0 Å². The zero-order valence-electron chi connectivity index (χ0n) is 4.80. The zero-order valence-corrected chi connectivity index (χ0v) is 4.80.